The highest BCUT2D eigenvalue weighted by Crippen LogP contribution is 2.39. The second-order valence-corrected chi connectivity index (χ2v) is 34.1. The van der Waals surface area contributed by atoms with Crippen molar-refractivity contribution in [1.29, 1.82) is 0 Å². The SMILES string of the molecule is C.C#CC[C@@H](COc1cnc(-c2ccoc2)c(-c2ccc3n[nH]c(C)c3c2)c1)NC(=O)OC(C)(C)C.C#CC[C@@H](COc1cnc(Cl)c(-c2ccc3n[nH]c(C)c3c2)c1)NC(=O)OC(C)(C)C.C#CC[C@@H](COc1cnc(Cl)c(Br)c1)NC(=O)OC(C)(C)C.C#CC[C@H](N)COc1cnc(-c2ccoc2)c(-c2ccc3n[nH]c(C)c3c2)c1.Cc1[nH]nc2ccc(B(O)O)cc12. The van der Waals surface area contributed by atoms with E-state index in [1.807, 2.05) is 100 Å². The van der Waals surface area contributed by atoms with Crippen LogP contribution in [0.1, 0.15) is 118 Å². The van der Waals surface area contributed by atoms with Crippen LogP contribution in [0.2, 0.25) is 10.3 Å². The number of hydrogen-bond donors (Lipinski definition) is 10. The van der Waals surface area contributed by atoms with Crippen molar-refractivity contribution in [2.75, 3.05) is 26.4 Å². The topological polar surface area (TPSA) is 411 Å². The number of carbonyl (C=O) groups excluding carboxylic acids is 3. The van der Waals surface area contributed by atoms with Gasteiger partial charge in [0.15, 0.2) is 0 Å². The van der Waals surface area contributed by atoms with Crippen molar-refractivity contribution in [2.45, 2.75) is 164 Å². The van der Waals surface area contributed by atoms with Crippen molar-refractivity contribution < 1.29 is 66.4 Å². The zero-order chi connectivity index (χ0) is 93.3. The number of furan rings is 2. The molecule has 0 aliphatic rings. The van der Waals surface area contributed by atoms with Crippen LogP contribution in [0.15, 0.2) is 172 Å². The molecule has 0 radical (unpaired) electrons. The van der Waals surface area contributed by atoms with Gasteiger partial charge in [-0.1, -0.05) is 61.0 Å². The van der Waals surface area contributed by atoms with Gasteiger partial charge in [0.2, 0.25) is 0 Å². The highest BCUT2D eigenvalue weighted by Gasteiger charge is 2.26. The molecule has 676 valence electrons. The van der Waals surface area contributed by atoms with E-state index in [2.05, 4.69) is 128 Å². The number of halogens is 3. The molecule has 34 heteroatoms. The lowest BCUT2D eigenvalue weighted by Gasteiger charge is -2.23. The van der Waals surface area contributed by atoms with Crippen molar-refractivity contribution in [3.63, 3.8) is 0 Å². The molecule has 10 aromatic heterocycles. The Morgan fingerprint density at radius 1 is 0.454 bits per heavy atom. The Morgan fingerprint density at radius 2 is 0.777 bits per heavy atom. The summed E-state index contributed by atoms with van der Waals surface area (Å²) in [6.07, 6.45) is 34.2. The number of H-pyrrole nitrogens is 4. The number of nitrogens with one attached hydrogen (secondary N) is 7. The summed E-state index contributed by atoms with van der Waals surface area (Å²) in [5, 5.41) is 59.5. The monoisotopic (exact) mass is 1860 g/mol. The molecule has 4 aromatic carbocycles. The Bertz CT molecular complexity index is 6350. The number of nitrogens with two attached hydrogens (primary N) is 1. The van der Waals surface area contributed by atoms with Crippen LogP contribution in [-0.4, -0.2) is 164 Å². The molecule has 0 saturated carbocycles. The minimum atomic E-state index is -1.42. The van der Waals surface area contributed by atoms with E-state index in [9.17, 15) is 14.4 Å². The number of aromatic nitrogens is 12. The second-order valence-electron chi connectivity index (χ2n) is 32.5. The van der Waals surface area contributed by atoms with E-state index in [0.717, 1.165) is 122 Å². The zero-order valence-corrected chi connectivity index (χ0v) is 76.5. The maximum Gasteiger partial charge on any atom is 0.488 e. The van der Waals surface area contributed by atoms with Crippen LogP contribution in [0.3, 0.4) is 0 Å². The highest BCUT2D eigenvalue weighted by molar-refractivity contribution is 9.10. The fourth-order valence-corrected chi connectivity index (χ4v) is 13.1. The minimum absolute atomic E-state index is 0. The first-order valence-corrected chi connectivity index (χ1v) is 42.2. The summed E-state index contributed by atoms with van der Waals surface area (Å²) < 4.78 is 50.2. The number of rotatable bonds is 25. The van der Waals surface area contributed by atoms with E-state index in [4.69, 9.17) is 107 Å². The van der Waals surface area contributed by atoms with E-state index in [1.54, 1.807) is 124 Å². The molecule has 0 spiro atoms. The normalized spacial score (nSPS) is 11.9. The molecule has 11 N–H and O–H groups in total. The summed E-state index contributed by atoms with van der Waals surface area (Å²) in [7, 11) is -1.42. The number of ether oxygens (including phenoxy) is 7. The molecule has 4 atom stereocenters. The van der Waals surface area contributed by atoms with Gasteiger partial charge in [-0.2, -0.15) is 20.4 Å². The van der Waals surface area contributed by atoms with Crippen LogP contribution < -0.4 is 46.1 Å². The Balaban J connectivity index is 0.000000188. The lowest BCUT2D eigenvalue weighted by molar-refractivity contribution is 0.0478. The number of hydrogen-bond acceptors (Lipinski definition) is 23. The maximum atomic E-state index is 12.2. The molecule has 14 aromatic rings. The van der Waals surface area contributed by atoms with Gasteiger partial charge in [0.25, 0.3) is 0 Å². The van der Waals surface area contributed by atoms with Crippen LogP contribution in [0, 0.1) is 77.1 Å². The first-order chi connectivity index (χ1) is 61.4. The Morgan fingerprint density at radius 3 is 1.12 bits per heavy atom. The molecule has 0 unspecified atom stereocenters. The zero-order valence-electron chi connectivity index (χ0n) is 73.4. The van der Waals surface area contributed by atoms with Gasteiger partial charge >= 0.3 is 25.4 Å². The standard InChI is InChI=1S/C27H28N4O4.C23H25ClN4O3.C22H20N4O2.C15H18BrClN2O3.C8H9BN2O2.CH4/c1-6-7-20(29-26(32)35-27(3,4)5)16-34-21-13-23(25(28-14-21)19-10-11-33-15-19)18-8-9-24-22(12-18)17(2)30-31-24;1-6-7-16(26-22(29)31-23(3,4)5)13-30-17-11-19(21(24)25-12-17)15-8-9-20-18(10-15)14(2)27-28-20;1-3-4-17(23)13-28-18-10-20(22(24-11-18)16-7-8-27-12-16)15-5-6-21-19(9-15)14(2)25-26-21;1-5-6-10(19-14(20)22-15(2,3)4)9-21-11-7-12(16)13(17)18-8-11;1-5-7-4-6(9(12)13)2-3-8(7)11-10-5;/h1,8-15,20H,7,16H2,2-5H3,(H,29,32)(H,30,31);1,8-12,16H,7,13H2,2-5H3,(H,26,29)(H,27,28);1,5-12,17H,4,13,23H2,2H3,(H,25,26);1,7-8,10H,6,9H2,2-4H3,(H,19,20);2-4,12-13H,1H3,(H,10,11);1H4/t20-;16-;17-;10-;;/m0000../s1. The molecule has 30 nitrogen and oxygen atoms in total. The van der Waals surface area contributed by atoms with Crippen LogP contribution >= 0.6 is 39.1 Å². The summed E-state index contributed by atoms with van der Waals surface area (Å²) >= 11 is 15.4. The van der Waals surface area contributed by atoms with Crippen LogP contribution in [0.25, 0.3) is 99.5 Å². The Labute approximate surface area is 773 Å². The molecule has 0 saturated heterocycles. The van der Waals surface area contributed by atoms with Gasteiger partial charge in [-0.3, -0.25) is 30.4 Å². The summed E-state index contributed by atoms with van der Waals surface area (Å²) in [5.74, 6) is 12.4. The van der Waals surface area contributed by atoms with Gasteiger partial charge in [0.1, 0.15) is 76.5 Å². The summed E-state index contributed by atoms with van der Waals surface area (Å²) in [5.41, 5.74) is 20.8. The van der Waals surface area contributed by atoms with Crippen LogP contribution in [0.5, 0.6) is 23.0 Å². The van der Waals surface area contributed by atoms with E-state index >= 15 is 0 Å². The van der Waals surface area contributed by atoms with Gasteiger partial charge in [0, 0.05) is 104 Å². The van der Waals surface area contributed by atoms with E-state index in [-0.39, 0.29) is 39.3 Å². The molecule has 0 bridgehead atoms. The van der Waals surface area contributed by atoms with Gasteiger partial charge in [0.05, 0.1) is 106 Å². The van der Waals surface area contributed by atoms with Gasteiger partial charge in [-0.05, 0) is 207 Å². The largest absolute Gasteiger partial charge is 0.490 e. The third kappa shape index (κ3) is 29.4. The van der Waals surface area contributed by atoms with E-state index < -0.39 is 54.3 Å². The predicted molar refractivity (Wildman–Crippen MR) is 510 cm³/mol. The quantitative estimate of drug-likeness (QED) is 0.0110. The third-order valence-corrected chi connectivity index (χ3v) is 20.0. The van der Waals surface area contributed by atoms with E-state index in [1.165, 1.54) is 12.4 Å². The van der Waals surface area contributed by atoms with E-state index in [0.29, 0.717) is 75.5 Å². The summed E-state index contributed by atoms with van der Waals surface area (Å²) in [4.78, 5) is 53.5. The van der Waals surface area contributed by atoms with Crippen molar-refractivity contribution in [2.24, 2.45) is 5.73 Å². The fourth-order valence-electron chi connectivity index (χ4n) is 12.5. The lowest BCUT2D eigenvalue weighted by Crippen LogP contribution is -2.42. The van der Waals surface area contributed by atoms with Crippen molar-refractivity contribution in [1.82, 2.24) is 76.7 Å². The molecule has 0 aliphatic carbocycles. The fraction of sp³-hybridized carbons (Fsp3) is 0.302. The molecule has 10 heterocycles. The van der Waals surface area contributed by atoms with Gasteiger partial charge in [-0.25, -0.2) is 24.4 Å². The Hall–Kier alpha value is -13.8. The first-order valence-electron chi connectivity index (χ1n) is 40.6. The van der Waals surface area contributed by atoms with Crippen LogP contribution in [-0.2, 0) is 14.2 Å². The van der Waals surface area contributed by atoms with Gasteiger partial charge < -0.3 is 73.7 Å². The molecular weight excluding hydrogens is 1760 g/mol. The minimum Gasteiger partial charge on any atom is -0.490 e. The molecule has 14 rings (SSSR count). The highest BCUT2D eigenvalue weighted by atomic mass is 79.9. The van der Waals surface area contributed by atoms with Gasteiger partial charge in [-0.15, -0.1) is 49.4 Å². The summed E-state index contributed by atoms with van der Waals surface area (Å²) in [6, 6.07) is 32.9. The predicted octanol–water partition coefficient (Wildman–Crippen LogP) is 18.3. The number of aromatic amines is 4. The summed E-state index contributed by atoms with van der Waals surface area (Å²) in [6.45, 7) is 24.8. The first kappa shape index (κ1) is 99.9. The average Bonchev–Trinajstić information content (AvgIpc) is 1.59. The number of alkyl carbamates (subject to hydrolysis) is 3. The number of nitrogens with zero attached hydrogens (tertiary/aromatic N) is 8. The molecule has 0 aliphatic heterocycles. The number of fused-ring (bicyclic) bond motifs is 4. The number of aryl methyl sites for hydroxylation is 4. The number of terminal acetylenes is 4. The maximum absolute atomic E-state index is 12.2. The Kier molecular flexibility index (Phi) is 35.6. The number of benzene rings is 4. The third-order valence-electron chi connectivity index (χ3n) is 18.6. The average molecular weight is 1870 g/mol. The second kappa shape index (κ2) is 46.2. The van der Waals surface area contributed by atoms with Crippen LogP contribution in [0.4, 0.5) is 14.4 Å². The lowest BCUT2D eigenvalue weighted by atomic mass is 9.80. The van der Waals surface area contributed by atoms with Crippen molar-refractivity contribution in [3.8, 4) is 128 Å². The number of pyridine rings is 4. The molecule has 3 amide bonds. The molecular formula is C96H104BBrCl2N16O14. The smallest absolute Gasteiger partial charge is 0.488 e. The number of carbonyl (C=O) groups is 3. The van der Waals surface area contributed by atoms with Crippen molar-refractivity contribution >= 4 is 114 Å². The number of amides is 3. The van der Waals surface area contributed by atoms with Crippen molar-refractivity contribution in [3.05, 3.63) is 197 Å². The molecule has 0 fully saturated rings. The molecule has 130 heavy (non-hydrogen) atoms.